The van der Waals surface area contributed by atoms with Gasteiger partial charge in [-0.25, -0.2) is 14.4 Å². The molecular weight excluding hydrogens is 219 g/mol. The van der Waals surface area contributed by atoms with Gasteiger partial charge in [-0.2, -0.15) is 5.26 Å². The van der Waals surface area contributed by atoms with Crippen LogP contribution in [0.2, 0.25) is 0 Å². The molecule has 0 atom stereocenters. The van der Waals surface area contributed by atoms with Gasteiger partial charge in [-0.3, -0.25) is 0 Å². The summed E-state index contributed by atoms with van der Waals surface area (Å²) in [6.45, 7) is 1.86. The highest BCUT2D eigenvalue weighted by atomic mass is 19.1. The lowest BCUT2D eigenvalue weighted by molar-refractivity contribution is 0.628. The van der Waals surface area contributed by atoms with Crippen LogP contribution in [0, 0.1) is 24.1 Å². The first-order chi connectivity index (χ1) is 8.19. The van der Waals surface area contributed by atoms with E-state index in [-0.39, 0.29) is 11.6 Å². The van der Waals surface area contributed by atoms with Crippen LogP contribution in [0.4, 0.5) is 15.9 Å². The van der Waals surface area contributed by atoms with Gasteiger partial charge in [0.15, 0.2) is 0 Å². The Morgan fingerprint density at radius 3 is 2.94 bits per heavy atom. The molecule has 1 aromatic carbocycles. The zero-order valence-electron chi connectivity index (χ0n) is 9.11. The van der Waals surface area contributed by atoms with E-state index in [2.05, 4.69) is 15.3 Å². The number of aromatic nitrogens is 2. The van der Waals surface area contributed by atoms with Crippen molar-refractivity contribution in [3.05, 3.63) is 47.7 Å². The first-order valence-corrected chi connectivity index (χ1v) is 4.95. The fourth-order valence-electron chi connectivity index (χ4n) is 1.35. The standard InChI is InChI=1S/C12H9FN4/c1-8-2-3-9(13)6-10(8)16-11-4-5-15-12(7-14)17-11/h2-6H,1H3,(H,15,16,17). The van der Waals surface area contributed by atoms with Gasteiger partial charge >= 0.3 is 0 Å². The van der Waals surface area contributed by atoms with Crippen molar-refractivity contribution in [1.82, 2.24) is 9.97 Å². The number of nitriles is 1. The summed E-state index contributed by atoms with van der Waals surface area (Å²) >= 11 is 0. The van der Waals surface area contributed by atoms with Crippen molar-refractivity contribution in [3.63, 3.8) is 0 Å². The monoisotopic (exact) mass is 228 g/mol. The molecule has 0 aliphatic carbocycles. The average molecular weight is 228 g/mol. The van der Waals surface area contributed by atoms with Crippen LogP contribution in [0.3, 0.4) is 0 Å². The predicted octanol–water partition coefficient (Wildman–Crippen LogP) is 2.54. The third-order valence-corrected chi connectivity index (χ3v) is 2.22. The van der Waals surface area contributed by atoms with Gasteiger partial charge in [0.25, 0.3) is 0 Å². The van der Waals surface area contributed by atoms with Crippen LogP contribution in [0.5, 0.6) is 0 Å². The molecule has 0 bridgehead atoms. The molecule has 1 N–H and O–H groups in total. The Morgan fingerprint density at radius 2 is 2.18 bits per heavy atom. The number of rotatable bonds is 2. The first-order valence-electron chi connectivity index (χ1n) is 4.95. The van der Waals surface area contributed by atoms with Gasteiger partial charge < -0.3 is 5.32 Å². The lowest BCUT2D eigenvalue weighted by Gasteiger charge is -2.08. The maximum atomic E-state index is 13.1. The van der Waals surface area contributed by atoms with Crippen LogP contribution in [0.1, 0.15) is 11.4 Å². The Labute approximate surface area is 97.8 Å². The number of nitrogens with zero attached hydrogens (tertiary/aromatic N) is 3. The summed E-state index contributed by atoms with van der Waals surface area (Å²) in [7, 11) is 0. The lowest BCUT2D eigenvalue weighted by atomic mass is 10.2. The van der Waals surface area contributed by atoms with Gasteiger partial charge in [0.05, 0.1) is 0 Å². The molecule has 0 saturated heterocycles. The predicted molar refractivity (Wildman–Crippen MR) is 61.2 cm³/mol. The molecule has 0 fully saturated rings. The zero-order valence-corrected chi connectivity index (χ0v) is 9.11. The van der Waals surface area contributed by atoms with Crippen molar-refractivity contribution < 1.29 is 4.39 Å². The second-order valence-corrected chi connectivity index (χ2v) is 3.46. The van der Waals surface area contributed by atoms with E-state index in [4.69, 9.17) is 5.26 Å². The van der Waals surface area contributed by atoms with E-state index in [0.717, 1.165) is 5.56 Å². The average Bonchev–Trinajstić information content (AvgIpc) is 2.34. The van der Waals surface area contributed by atoms with Crippen molar-refractivity contribution in [2.24, 2.45) is 0 Å². The molecular formula is C12H9FN4. The minimum Gasteiger partial charge on any atom is -0.340 e. The normalized spacial score (nSPS) is 9.71. The van der Waals surface area contributed by atoms with E-state index in [9.17, 15) is 4.39 Å². The number of hydrogen-bond donors (Lipinski definition) is 1. The van der Waals surface area contributed by atoms with Crippen molar-refractivity contribution in [2.45, 2.75) is 6.92 Å². The van der Waals surface area contributed by atoms with Crippen LogP contribution in [0.25, 0.3) is 0 Å². The number of hydrogen-bond acceptors (Lipinski definition) is 4. The number of aryl methyl sites for hydroxylation is 1. The first kappa shape index (κ1) is 11.0. The van der Waals surface area contributed by atoms with E-state index >= 15 is 0 Å². The van der Waals surface area contributed by atoms with Gasteiger partial charge in [-0.1, -0.05) is 6.07 Å². The number of halogens is 1. The zero-order chi connectivity index (χ0) is 12.3. The minimum atomic E-state index is -0.326. The topological polar surface area (TPSA) is 61.6 Å². The molecule has 1 aromatic heterocycles. The van der Waals surface area contributed by atoms with E-state index in [1.54, 1.807) is 12.1 Å². The third-order valence-electron chi connectivity index (χ3n) is 2.22. The molecule has 2 aromatic rings. The Balaban J connectivity index is 2.31. The Morgan fingerprint density at radius 1 is 1.35 bits per heavy atom. The van der Waals surface area contributed by atoms with E-state index in [1.165, 1.54) is 18.3 Å². The molecule has 0 saturated carbocycles. The van der Waals surface area contributed by atoms with Gasteiger partial charge in [-0.05, 0) is 30.7 Å². The quantitative estimate of drug-likeness (QED) is 0.857. The smallest absolute Gasteiger partial charge is 0.234 e. The number of nitrogens with one attached hydrogen (secondary N) is 1. The molecule has 2 rings (SSSR count). The van der Waals surface area contributed by atoms with Crippen molar-refractivity contribution in [1.29, 1.82) is 5.26 Å². The third kappa shape index (κ3) is 2.55. The fourth-order valence-corrected chi connectivity index (χ4v) is 1.35. The van der Waals surface area contributed by atoms with E-state index in [1.807, 2.05) is 13.0 Å². The highest BCUT2D eigenvalue weighted by Crippen LogP contribution is 2.19. The molecule has 0 aliphatic heterocycles. The SMILES string of the molecule is Cc1ccc(F)cc1Nc1ccnc(C#N)n1. The van der Waals surface area contributed by atoms with Crippen LogP contribution >= 0.6 is 0 Å². The summed E-state index contributed by atoms with van der Waals surface area (Å²) in [6, 6.07) is 7.90. The summed E-state index contributed by atoms with van der Waals surface area (Å²) in [6.07, 6.45) is 1.47. The van der Waals surface area contributed by atoms with Crippen LogP contribution in [-0.2, 0) is 0 Å². The van der Waals surface area contributed by atoms with Crippen molar-refractivity contribution in [3.8, 4) is 6.07 Å². The second kappa shape index (κ2) is 4.58. The summed E-state index contributed by atoms with van der Waals surface area (Å²) < 4.78 is 13.1. The molecule has 84 valence electrons. The van der Waals surface area contributed by atoms with Gasteiger partial charge in [0, 0.05) is 11.9 Å². The lowest BCUT2D eigenvalue weighted by Crippen LogP contribution is -1.98. The van der Waals surface area contributed by atoms with Crippen molar-refractivity contribution in [2.75, 3.05) is 5.32 Å². The molecule has 5 heteroatoms. The summed E-state index contributed by atoms with van der Waals surface area (Å²) in [4.78, 5) is 7.70. The Kier molecular flexibility index (Phi) is 2.97. The Hall–Kier alpha value is -2.48. The maximum absolute atomic E-state index is 13.1. The summed E-state index contributed by atoms with van der Waals surface area (Å²) in [5.74, 6) is 0.210. The van der Waals surface area contributed by atoms with E-state index < -0.39 is 0 Å². The molecule has 17 heavy (non-hydrogen) atoms. The number of anilines is 2. The van der Waals surface area contributed by atoms with Crippen LogP contribution in [-0.4, -0.2) is 9.97 Å². The highest BCUT2D eigenvalue weighted by Gasteiger charge is 2.03. The highest BCUT2D eigenvalue weighted by molar-refractivity contribution is 5.60. The molecule has 1 heterocycles. The largest absolute Gasteiger partial charge is 0.340 e. The van der Waals surface area contributed by atoms with Gasteiger partial charge in [0.2, 0.25) is 5.82 Å². The summed E-state index contributed by atoms with van der Waals surface area (Å²) in [5, 5.41) is 11.6. The molecule has 0 spiro atoms. The van der Waals surface area contributed by atoms with Crippen molar-refractivity contribution >= 4 is 11.5 Å². The molecule has 0 aliphatic rings. The summed E-state index contributed by atoms with van der Waals surface area (Å²) in [5.41, 5.74) is 1.51. The maximum Gasteiger partial charge on any atom is 0.234 e. The Bertz CT molecular complexity index is 589. The number of benzene rings is 1. The molecule has 0 amide bonds. The molecule has 0 radical (unpaired) electrons. The van der Waals surface area contributed by atoms with E-state index in [0.29, 0.717) is 11.5 Å². The molecule has 0 unspecified atom stereocenters. The van der Waals surface area contributed by atoms with Gasteiger partial charge in [0.1, 0.15) is 17.7 Å². The minimum absolute atomic E-state index is 0.0732. The molecule has 4 nitrogen and oxygen atoms in total. The van der Waals surface area contributed by atoms with Gasteiger partial charge in [-0.15, -0.1) is 0 Å². The second-order valence-electron chi connectivity index (χ2n) is 3.46. The fraction of sp³-hybridized carbons (Fsp3) is 0.0833. The van der Waals surface area contributed by atoms with Crippen LogP contribution < -0.4 is 5.32 Å². The van der Waals surface area contributed by atoms with Crippen LogP contribution in [0.15, 0.2) is 30.5 Å².